The smallest absolute Gasteiger partial charge is 0.0386 e. The third kappa shape index (κ3) is 3.95. The highest BCUT2D eigenvalue weighted by atomic mass is 15.2. The first-order valence-electron chi connectivity index (χ1n) is 7.20. The van der Waals surface area contributed by atoms with E-state index < -0.39 is 0 Å². The van der Waals surface area contributed by atoms with E-state index in [2.05, 4.69) is 67.1 Å². The molecule has 106 valence electrons. The van der Waals surface area contributed by atoms with Gasteiger partial charge in [0.05, 0.1) is 0 Å². The second kappa shape index (κ2) is 6.40. The molecule has 2 aliphatic rings. The van der Waals surface area contributed by atoms with Crippen LogP contribution in [-0.2, 0) is 0 Å². The van der Waals surface area contributed by atoms with Crippen LogP contribution < -0.4 is 0 Å². The molecule has 3 heteroatoms. The molecule has 19 heavy (non-hydrogen) atoms. The third-order valence-electron chi connectivity index (χ3n) is 4.10. The van der Waals surface area contributed by atoms with Crippen molar-refractivity contribution in [2.75, 3.05) is 47.3 Å². The van der Waals surface area contributed by atoms with Crippen LogP contribution in [-0.4, -0.2) is 68.1 Å². The maximum atomic E-state index is 2.53. The molecule has 0 aromatic heterocycles. The summed E-state index contributed by atoms with van der Waals surface area (Å²) in [5.74, 6) is 0. The summed E-state index contributed by atoms with van der Waals surface area (Å²) in [6.45, 7) is 6.71. The molecule has 0 aromatic rings. The van der Waals surface area contributed by atoms with E-state index in [9.17, 15) is 0 Å². The fourth-order valence-electron chi connectivity index (χ4n) is 2.78. The van der Waals surface area contributed by atoms with Gasteiger partial charge in [0.15, 0.2) is 0 Å². The van der Waals surface area contributed by atoms with Crippen molar-refractivity contribution >= 4 is 0 Å². The Hall–Kier alpha value is -1.06. The van der Waals surface area contributed by atoms with Crippen molar-refractivity contribution in [1.29, 1.82) is 0 Å². The standard InChI is InChI=1S/C16H27N3/c1-14-7-8-15(18(4)12-14)6-5-10-19-11-9-16(13-19)17(2)3/h5-8,16H,9-13H2,1-4H3/b6-5+. The van der Waals surface area contributed by atoms with Gasteiger partial charge in [-0.2, -0.15) is 0 Å². The Morgan fingerprint density at radius 1 is 1.37 bits per heavy atom. The van der Waals surface area contributed by atoms with Crippen molar-refractivity contribution in [2.24, 2.45) is 0 Å². The maximum Gasteiger partial charge on any atom is 0.0386 e. The Morgan fingerprint density at radius 2 is 2.16 bits per heavy atom. The lowest BCUT2D eigenvalue weighted by Crippen LogP contribution is -2.31. The average Bonchev–Trinajstić information content (AvgIpc) is 2.81. The van der Waals surface area contributed by atoms with E-state index in [0.717, 1.165) is 19.1 Å². The molecule has 0 saturated carbocycles. The second-order valence-corrected chi connectivity index (χ2v) is 6.03. The van der Waals surface area contributed by atoms with Crippen molar-refractivity contribution in [1.82, 2.24) is 14.7 Å². The lowest BCUT2D eigenvalue weighted by atomic mass is 10.1. The van der Waals surface area contributed by atoms with Gasteiger partial charge in [-0.05, 0) is 39.6 Å². The number of likely N-dealkylation sites (tertiary alicyclic amines) is 1. The first-order valence-corrected chi connectivity index (χ1v) is 7.20. The summed E-state index contributed by atoms with van der Waals surface area (Å²) in [6, 6.07) is 0.732. The van der Waals surface area contributed by atoms with Gasteiger partial charge in [0, 0.05) is 45.0 Å². The van der Waals surface area contributed by atoms with E-state index >= 15 is 0 Å². The number of rotatable bonds is 4. The fourth-order valence-corrected chi connectivity index (χ4v) is 2.78. The minimum atomic E-state index is 0.732. The van der Waals surface area contributed by atoms with E-state index in [4.69, 9.17) is 0 Å². The molecular weight excluding hydrogens is 234 g/mol. The van der Waals surface area contributed by atoms with E-state index in [1.807, 2.05) is 0 Å². The topological polar surface area (TPSA) is 9.72 Å². The summed E-state index contributed by atoms with van der Waals surface area (Å²) in [6.07, 6.45) is 10.3. The summed E-state index contributed by atoms with van der Waals surface area (Å²) in [7, 11) is 6.52. The number of hydrogen-bond donors (Lipinski definition) is 0. The normalized spacial score (nSPS) is 25.3. The summed E-state index contributed by atoms with van der Waals surface area (Å²) in [5, 5.41) is 0. The maximum absolute atomic E-state index is 2.53. The molecule has 0 aromatic carbocycles. The van der Waals surface area contributed by atoms with Crippen molar-refractivity contribution < 1.29 is 0 Å². The molecular formula is C16H27N3. The Balaban J connectivity index is 1.81. The fraction of sp³-hybridized carbons (Fsp3) is 0.625. The van der Waals surface area contributed by atoms with Gasteiger partial charge >= 0.3 is 0 Å². The lowest BCUT2D eigenvalue weighted by molar-refractivity contribution is 0.280. The SMILES string of the molecule is CC1=CC=C(/C=C/CN2CCC(N(C)C)C2)N(C)C1. The number of likely N-dealkylation sites (N-methyl/N-ethyl adjacent to an activating group) is 2. The van der Waals surface area contributed by atoms with Crippen LogP contribution in [0.2, 0.25) is 0 Å². The second-order valence-electron chi connectivity index (χ2n) is 6.03. The van der Waals surface area contributed by atoms with Gasteiger partial charge in [0.2, 0.25) is 0 Å². The van der Waals surface area contributed by atoms with Gasteiger partial charge in [-0.25, -0.2) is 0 Å². The van der Waals surface area contributed by atoms with Crippen LogP contribution in [0.4, 0.5) is 0 Å². The minimum absolute atomic E-state index is 0.732. The molecule has 1 fully saturated rings. The molecule has 0 amide bonds. The Bertz CT molecular complexity index is 393. The summed E-state index contributed by atoms with van der Waals surface area (Å²) >= 11 is 0. The predicted octanol–water partition coefficient (Wildman–Crippen LogP) is 1.95. The van der Waals surface area contributed by atoms with Gasteiger partial charge < -0.3 is 9.80 Å². The van der Waals surface area contributed by atoms with Crippen LogP contribution in [0.25, 0.3) is 0 Å². The number of nitrogens with zero attached hydrogens (tertiary/aromatic N) is 3. The van der Waals surface area contributed by atoms with Crippen molar-refractivity contribution in [3.63, 3.8) is 0 Å². The van der Waals surface area contributed by atoms with Crippen molar-refractivity contribution in [3.05, 3.63) is 35.6 Å². The van der Waals surface area contributed by atoms with Crippen LogP contribution in [0, 0.1) is 0 Å². The predicted molar refractivity (Wildman–Crippen MR) is 82.1 cm³/mol. The highest BCUT2D eigenvalue weighted by Gasteiger charge is 2.22. The van der Waals surface area contributed by atoms with Crippen LogP contribution in [0.1, 0.15) is 13.3 Å². The first kappa shape index (κ1) is 14.4. The average molecular weight is 261 g/mol. The van der Waals surface area contributed by atoms with Crippen LogP contribution in [0.15, 0.2) is 35.6 Å². The Kier molecular flexibility index (Phi) is 4.83. The quantitative estimate of drug-likeness (QED) is 0.766. The zero-order valence-corrected chi connectivity index (χ0v) is 12.8. The van der Waals surface area contributed by atoms with Gasteiger partial charge in [-0.15, -0.1) is 0 Å². The van der Waals surface area contributed by atoms with Gasteiger partial charge in [-0.1, -0.05) is 17.7 Å². The Morgan fingerprint density at radius 3 is 2.79 bits per heavy atom. The summed E-state index contributed by atoms with van der Waals surface area (Å²) in [5.41, 5.74) is 2.74. The van der Waals surface area contributed by atoms with E-state index in [0.29, 0.717) is 0 Å². The van der Waals surface area contributed by atoms with E-state index in [1.165, 1.54) is 30.8 Å². The monoisotopic (exact) mass is 261 g/mol. The molecule has 2 aliphatic heterocycles. The van der Waals surface area contributed by atoms with Gasteiger partial charge in [0.25, 0.3) is 0 Å². The van der Waals surface area contributed by atoms with Crippen molar-refractivity contribution in [2.45, 2.75) is 19.4 Å². The molecule has 2 rings (SSSR count). The summed E-state index contributed by atoms with van der Waals surface area (Å²) < 4.78 is 0. The Labute approximate surface area is 117 Å². The molecule has 3 nitrogen and oxygen atoms in total. The number of allylic oxidation sites excluding steroid dienone is 3. The molecule has 0 N–H and O–H groups in total. The molecule has 0 spiro atoms. The molecule has 1 saturated heterocycles. The van der Waals surface area contributed by atoms with Crippen LogP contribution >= 0.6 is 0 Å². The highest BCUT2D eigenvalue weighted by molar-refractivity contribution is 5.29. The molecule has 1 atom stereocenters. The van der Waals surface area contributed by atoms with E-state index in [1.54, 1.807) is 0 Å². The van der Waals surface area contributed by atoms with Gasteiger partial charge in [0.1, 0.15) is 0 Å². The van der Waals surface area contributed by atoms with Crippen molar-refractivity contribution in [3.8, 4) is 0 Å². The number of hydrogen-bond acceptors (Lipinski definition) is 3. The van der Waals surface area contributed by atoms with Crippen LogP contribution in [0.3, 0.4) is 0 Å². The van der Waals surface area contributed by atoms with Crippen LogP contribution in [0.5, 0.6) is 0 Å². The minimum Gasteiger partial charge on any atom is -0.371 e. The zero-order valence-electron chi connectivity index (χ0n) is 12.8. The highest BCUT2D eigenvalue weighted by Crippen LogP contribution is 2.15. The molecule has 0 radical (unpaired) electrons. The molecule has 0 bridgehead atoms. The molecule has 1 unspecified atom stereocenters. The van der Waals surface area contributed by atoms with E-state index in [-0.39, 0.29) is 0 Å². The van der Waals surface area contributed by atoms with Gasteiger partial charge in [-0.3, -0.25) is 4.90 Å². The first-order chi connectivity index (χ1) is 9.06. The lowest BCUT2D eigenvalue weighted by Gasteiger charge is -2.24. The zero-order chi connectivity index (χ0) is 13.8. The largest absolute Gasteiger partial charge is 0.371 e. The third-order valence-corrected chi connectivity index (χ3v) is 4.10. The molecule has 0 aliphatic carbocycles. The summed E-state index contributed by atoms with van der Waals surface area (Å²) in [4.78, 5) is 7.18. The molecule has 2 heterocycles.